The minimum absolute atomic E-state index is 0.0478. The lowest BCUT2D eigenvalue weighted by atomic mass is 9.92. The highest BCUT2D eigenvalue weighted by Gasteiger charge is 2.17. The van der Waals surface area contributed by atoms with Crippen molar-refractivity contribution in [3.63, 3.8) is 0 Å². The van der Waals surface area contributed by atoms with Crippen LogP contribution in [-0.4, -0.2) is 30.3 Å². The molecule has 0 spiro atoms. The van der Waals surface area contributed by atoms with Gasteiger partial charge >= 0.3 is 0 Å². The molecule has 0 radical (unpaired) electrons. The molecule has 0 saturated carbocycles. The van der Waals surface area contributed by atoms with Gasteiger partial charge in [-0.05, 0) is 23.6 Å². The Hall–Kier alpha value is -2.57. The summed E-state index contributed by atoms with van der Waals surface area (Å²) >= 11 is 0. The Bertz CT molecular complexity index is 704. The topological polar surface area (TPSA) is 86.5 Å². The zero-order valence-electron chi connectivity index (χ0n) is 14.7. The van der Waals surface area contributed by atoms with Gasteiger partial charge in [-0.3, -0.25) is 4.79 Å². The van der Waals surface area contributed by atoms with E-state index in [2.05, 4.69) is 15.5 Å². The molecular weight excluding hydrogens is 310 g/mol. The van der Waals surface area contributed by atoms with Gasteiger partial charge in [0.25, 0.3) is 0 Å². The van der Waals surface area contributed by atoms with Crippen molar-refractivity contribution in [3.8, 4) is 22.9 Å². The van der Waals surface area contributed by atoms with E-state index in [9.17, 15) is 4.79 Å². The summed E-state index contributed by atoms with van der Waals surface area (Å²) in [7, 11) is 3.14. The lowest BCUT2D eigenvalue weighted by molar-refractivity contribution is -0.123. The summed E-state index contributed by atoms with van der Waals surface area (Å²) in [6.45, 7) is 6.23. The van der Waals surface area contributed by atoms with Crippen molar-refractivity contribution < 1.29 is 18.8 Å². The van der Waals surface area contributed by atoms with Gasteiger partial charge in [0.1, 0.15) is 0 Å². The Labute approximate surface area is 141 Å². The van der Waals surface area contributed by atoms with Crippen LogP contribution in [-0.2, 0) is 11.3 Å². The number of aromatic nitrogens is 2. The number of hydrogen-bond donors (Lipinski definition) is 1. The molecule has 1 aromatic heterocycles. The molecule has 0 aliphatic heterocycles. The first-order valence-corrected chi connectivity index (χ1v) is 7.64. The fourth-order valence-electron chi connectivity index (χ4n) is 2.14. The molecule has 2 rings (SSSR count). The summed E-state index contributed by atoms with van der Waals surface area (Å²) in [4.78, 5) is 16.1. The van der Waals surface area contributed by atoms with Crippen LogP contribution in [0.5, 0.6) is 11.5 Å². The highest BCUT2D eigenvalue weighted by atomic mass is 16.5. The van der Waals surface area contributed by atoms with Crippen molar-refractivity contribution in [2.24, 2.45) is 5.41 Å². The van der Waals surface area contributed by atoms with Crippen LogP contribution < -0.4 is 14.8 Å². The summed E-state index contributed by atoms with van der Waals surface area (Å²) < 4.78 is 15.6. The SMILES string of the molecule is COc1ccc(-c2noc(CNC(=O)CC(C)(C)C)n2)cc1OC. The number of hydrogen-bond acceptors (Lipinski definition) is 6. The van der Waals surface area contributed by atoms with Crippen LogP contribution in [0.3, 0.4) is 0 Å². The molecule has 0 unspecified atom stereocenters. The van der Waals surface area contributed by atoms with E-state index in [-0.39, 0.29) is 17.9 Å². The first kappa shape index (κ1) is 17.8. The lowest BCUT2D eigenvalue weighted by Crippen LogP contribution is -2.27. The average molecular weight is 333 g/mol. The predicted molar refractivity (Wildman–Crippen MR) is 88.8 cm³/mol. The molecule has 2 aromatic rings. The van der Waals surface area contributed by atoms with Crippen molar-refractivity contribution in [3.05, 3.63) is 24.1 Å². The van der Waals surface area contributed by atoms with Crippen molar-refractivity contribution in [2.45, 2.75) is 33.7 Å². The van der Waals surface area contributed by atoms with Crippen molar-refractivity contribution in [1.29, 1.82) is 0 Å². The molecule has 0 aliphatic rings. The molecule has 1 heterocycles. The highest BCUT2D eigenvalue weighted by Crippen LogP contribution is 2.31. The Balaban J connectivity index is 2.04. The molecule has 130 valence electrons. The van der Waals surface area contributed by atoms with E-state index in [0.29, 0.717) is 29.6 Å². The van der Waals surface area contributed by atoms with E-state index < -0.39 is 0 Å². The average Bonchev–Trinajstić information content (AvgIpc) is 2.99. The number of rotatable bonds is 6. The summed E-state index contributed by atoms with van der Waals surface area (Å²) in [5.74, 6) is 1.94. The Morgan fingerprint density at radius 3 is 2.54 bits per heavy atom. The monoisotopic (exact) mass is 333 g/mol. The van der Waals surface area contributed by atoms with Crippen LogP contribution in [0, 0.1) is 5.41 Å². The Morgan fingerprint density at radius 1 is 1.21 bits per heavy atom. The van der Waals surface area contributed by atoms with Crippen LogP contribution in [0.25, 0.3) is 11.4 Å². The van der Waals surface area contributed by atoms with E-state index >= 15 is 0 Å². The Morgan fingerprint density at radius 2 is 1.92 bits per heavy atom. The summed E-state index contributed by atoms with van der Waals surface area (Å²) in [6.07, 6.45) is 0.434. The van der Waals surface area contributed by atoms with E-state index in [0.717, 1.165) is 5.56 Å². The number of benzene rings is 1. The van der Waals surface area contributed by atoms with E-state index in [1.165, 1.54) is 0 Å². The zero-order valence-corrected chi connectivity index (χ0v) is 14.7. The molecule has 7 nitrogen and oxygen atoms in total. The van der Waals surface area contributed by atoms with Crippen LogP contribution in [0.15, 0.2) is 22.7 Å². The van der Waals surface area contributed by atoms with Gasteiger partial charge < -0.3 is 19.3 Å². The second kappa shape index (κ2) is 7.33. The number of methoxy groups -OCH3 is 2. The number of carbonyl (C=O) groups excluding carboxylic acids is 1. The third kappa shape index (κ3) is 4.71. The largest absolute Gasteiger partial charge is 0.493 e. The number of ether oxygens (including phenoxy) is 2. The van der Waals surface area contributed by atoms with Crippen molar-refractivity contribution in [2.75, 3.05) is 14.2 Å². The molecular formula is C17H23N3O4. The number of carbonyl (C=O) groups is 1. The smallest absolute Gasteiger partial charge is 0.246 e. The molecule has 1 aromatic carbocycles. The van der Waals surface area contributed by atoms with E-state index in [4.69, 9.17) is 14.0 Å². The molecule has 24 heavy (non-hydrogen) atoms. The first-order chi connectivity index (χ1) is 11.3. The third-order valence-corrected chi connectivity index (χ3v) is 3.24. The van der Waals surface area contributed by atoms with Gasteiger partial charge in [-0.25, -0.2) is 0 Å². The maximum absolute atomic E-state index is 11.8. The lowest BCUT2D eigenvalue weighted by Gasteiger charge is -2.16. The zero-order chi connectivity index (χ0) is 17.7. The molecule has 1 N–H and O–H groups in total. The van der Waals surface area contributed by atoms with Gasteiger partial charge in [-0.15, -0.1) is 0 Å². The molecule has 0 fully saturated rings. The number of nitrogens with one attached hydrogen (secondary N) is 1. The van der Waals surface area contributed by atoms with Gasteiger partial charge in [0.15, 0.2) is 11.5 Å². The molecule has 7 heteroatoms. The summed E-state index contributed by atoms with van der Waals surface area (Å²) in [6, 6.07) is 5.36. The maximum Gasteiger partial charge on any atom is 0.246 e. The standard InChI is InChI=1S/C17H23N3O4/c1-17(2,3)9-14(21)18-10-15-19-16(20-24-15)11-6-7-12(22-4)13(8-11)23-5/h6-8H,9-10H2,1-5H3,(H,18,21). The van der Waals surface area contributed by atoms with Crippen molar-refractivity contribution in [1.82, 2.24) is 15.5 Å². The minimum atomic E-state index is -0.0657. The molecule has 0 bridgehead atoms. The second-order valence-electron chi connectivity index (χ2n) is 6.60. The Kier molecular flexibility index (Phi) is 5.43. The van der Waals surface area contributed by atoms with Crippen LogP contribution in [0.2, 0.25) is 0 Å². The van der Waals surface area contributed by atoms with Gasteiger partial charge in [0, 0.05) is 12.0 Å². The van der Waals surface area contributed by atoms with Gasteiger partial charge in [-0.1, -0.05) is 25.9 Å². The van der Waals surface area contributed by atoms with Crippen LogP contribution in [0.4, 0.5) is 0 Å². The summed E-state index contributed by atoms with van der Waals surface area (Å²) in [5.41, 5.74) is 0.674. The van der Waals surface area contributed by atoms with Gasteiger partial charge in [-0.2, -0.15) is 4.98 Å². The number of amides is 1. The van der Waals surface area contributed by atoms with Crippen LogP contribution in [0.1, 0.15) is 33.1 Å². The maximum atomic E-state index is 11.8. The van der Waals surface area contributed by atoms with Gasteiger partial charge in [0.2, 0.25) is 17.6 Å². The highest BCUT2D eigenvalue weighted by molar-refractivity contribution is 5.76. The molecule has 0 atom stereocenters. The minimum Gasteiger partial charge on any atom is -0.493 e. The van der Waals surface area contributed by atoms with Crippen LogP contribution >= 0.6 is 0 Å². The first-order valence-electron chi connectivity index (χ1n) is 7.64. The fraction of sp³-hybridized carbons (Fsp3) is 0.471. The van der Waals surface area contributed by atoms with Gasteiger partial charge in [0.05, 0.1) is 20.8 Å². The predicted octanol–water partition coefficient (Wildman–Crippen LogP) is 2.81. The fourth-order valence-corrected chi connectivity index (χ4v) is 2.14. The normalized spacial score (nSPS) is 11.2. The quantitative estimate of drug-likeness (QED) is 0.875. The number of nitrogens with zero attached hydrogens (tertiary/aromatic N) is 2. The molecule has 1 amide bonds. The third-order valence-electron chi connectivity index (χ3n) is 3.24. The van der Waals surface area contributed by atoms with Crippen molar-refractivity contribution >= 4 is 5.91 Å². The van der Waals surface area contributed by atoms with E-state index in [1.54, 1.807) is 26.4 Å². The molecule has 0 saturated heterocycles. The second-order valence-corrected chi connectivity index (χ2v) is 6.60. The molecule has 0 aliphatic carbocycles. The summed E-state index contributed by atoms with van der Waals surface area (Å²) in [5, 5.41) is 6.72. The van der Waals surface area contributed by atoms with E-state index in [1.807, 2.05) is 26.8 Å².